The van der Waals surface area contributed by atoms with Gasteiger partial charge < -0.3 is 18.3 Å². The van der Waals surface area contributed by atoms with Crippen LogP contribution in [-0.4, -0.2) is 23.3 Å². The van der Waals surface area contributed by atoms with Gasteiger partial charge in [-0.25, -0.2) is 0 Å². The Bertz CT molecular complexity index is 1100. The second kappa shape index (κ2) is 7.56. The van der Waals surface area contributed by atoms with Crippen LogP contribution in [0.3, 0.4) is 0 Å². The van der Waals surface area contributed by atoms with E-state index in [0.717, 1.165) is 22.1 Å². The van der Waals surface area contributed by atoms with Gasteiger partial charge in [-0.2, -0.15) is 0 Å². The Labute approximate surface area is 160 Å². The number of carbonyl (C=O) groups excluding carboxylic acids is 1. The third kappa shape index (κ3) is 3.59. The fraction of sp³-hybridized carbons (Fsp3) is 0.190. The summed E-state index contributed by atoms with van der Waals surface area (Å²) in [6.45, 7) is 1.71. The van der Waals surface area contributed by atoms with Crippen molar-refractivity contribution < 1.29 is 23.1 Å². The molecular formula is C21H18N2O5. The second-order valence-corrected chi connectivity index (χ2v) is 6.28. The first-order valence-electron chi connectivity index (χ1n) is 8.74. The normalized spacial score (nSPS) is 12.1. The first-order chi connectivity index (χ1) is 13.6. The number of hydrogen-bond acceptors (Lipinski definition) is 7. The molecule has 0 saturated heterocycles. The number of ether oxygens (including phenoxy) is 2. The number of methoxy groups -OCH3 is 1. The average Bonchev–Trinajstić information content (AvgIpc) is 3.42. The molecule has 2 aromatic heterocycles. The van der Waals surface area contributed by atoms with Crippen molar-refractivity contribution in [2.75, 3.05) is 7.11 Å². The van der Waals surface area contributed by atoms with Gasteiger partial charge in [0.2, 0.25) is 0 Å². The number of benzene rings is 2. The molecule has 0 amide bonds. The first-order valence-corrected chi connectivity index (χ1v) is 8.74. The summed E-state index contributed by atoms with van der Waals surface area (Å²) in [6.07, 6.45) is 1.51. The monoisotopic (exact) mass is 378 g/mol. The summed E-state index contributed by atoms with van der Waals surface area (Å²) < 4.78 is 21.2. The standard InChI is InChI=1S/C21H18N2O5/c1-13(14-5-6-16-11-17(25-2)8-7-15(16)10-14)21(24)27-12-19-22-23-20(28-19)18-4-3-9-26-18/h3-11,13H,12H2,1-2H3/t13-/m0/s1. The Balaban J connectivity index is 1.42. The van der Waals surface area contributed by atoms with Gasteiger partial charge in [0.25, 0.3) is 11.8 Å². The highest BCUT2D eigenvalue weighted by Crippen LogP contribution is 2.26. The lowest BCUT2D eigenvalue weighted by Gasteiger charge is -2.12. The molecule has 0 spiro atoms. The quantitative estimate of drug-likeness (QED) is 0.461. The predicted molar refractivity (Wildman–Crippen MR) is 101 cm³/mol. The fourth-order valence-electron chi connectivity index (χ4n) is 2.84. The summed E-state index contributed by atoms with van der Waals surface area (Å²) in [5, 5.41) is 9.81. The summed E-state index contributed by atoms with van der Waals surface area (Å²) in [5.41, 5.74) is 0.865. The minimum atomic E-state index is -0.432. The third-order valence-corrected chi connectivity index (χ3v) is 4.46. The van der Waals surface area contributed by atoms with Crippen LogP contribution >= 0.6 is 0 Å². The largest absolute Gasteiger partial charge is 0.497 e. The van der Waals surface area contributed by atoms with Gasteiger partial charge in [0, 0.05) is 0 Å². The van der Waals surface area contributed by atoms with Crippen LogP contribution in [0.25, 0.3) is 22.4 Å². The fourth-order valence-corrected chi connectivity index (χ4v) is 2.84. The molecular weight excluding hydrogens is 360 g/mol. The lowest BCUT2D eigenvalue weighted by Crippen LogP contribution is -2.13. The van der Waals surface area contributed by atoms with Crippen molar-refractivity contribution in [1.82, 2.24) is 10.2 Å². The summed E-state index contributed by atoms with van der Waals surface area (Å²) in [5.74, 6) is 0.906. The lowest BCUT2D eigenvalue weighted by molar-refractivity contribution is -0.147. The van der Waals surface area contributed by atoms with Crippen LogP contribution in [0.2, 0.25) is 0 Å². The Morgan fingerprint density at radius 3 is 2.71 bits per heavy atom. The molecule has 0 bridgehead atoms. The van der Waals surface area contributed by atoms with E-state index < -0.39 is 5.92 Å². The Morgan fingerprint density at radius 1 is 1.11 bits per heavy atom. The van der Waals surface area contributed by atoms with Gasteiger partial charge in [0.1, 0.15) is 5.75 Å². The molecule has 0 fully saturated rings. The van der Waals surface area contributed by atoms with Crippen LogP contribution in [0.15, 0.2) is 63.6 Å². The molecule has 0 unspecified atom stereocenters. The summed E-state index contributed by atoms with van der Waals surface area (Å²) in [4.78, 5) is 12.4. The van der Waals surface area contributed by atoms with Crippen molar-refractivity contribution in [3.63, 3.8) is 0 Å². The Morgan fingerprint density at radius 2 is 1.93 bits per heavy atom. The zero-order valence-electron chi connectivity index (χ0n) is 15.4. The molecule has 4 rings (SSSR count). The van der Waals surface area contributed by atoms with E-state index in [2.05, 4.69) is 10.2 Å². The van der Waals surface area contributed by atoms with Gasteiger partial charge in [0.05, 0.1) is 19.3 Å². The molecule has 0 N–H and O–H groups in total. The zero-order chi connectivity index (χ0) is 19.5. The molecule has 1 atom stereocenters. The number of hydrogen-bond donors (Lipinski definition) is 0. The van der Waals surface area contributed by atoms with Crippen LogP contribution in [0.5, 0.6) is 5.75 Å². The summed E-state index contributed by atoms with van der Waals surface area (Å²) >= 11 is 0. The van der Waals surface area contributed by atoms with E-state index in [0.29, 0.717) is 5.76 Å². The smallest absolute Gasteiger partial charge is 0.313 e. The molecule has 7 heteroatoms. The number of fused-ring (bicyclic) bond motifs is 1. The molecule has 0 saturated carbocycles. The zero-order valence-corrected chi connectivity index (χ0v) is 15.4. The topological polar surface area (TPSA) is 87.6 Å². The van der Waals surface area contributed by atoms with Gasteiger partial charge in [-0.05, 0) is 47.5 Å². The van der Waals surface area contributed by atoms with Crippen molar-refractivity contribution in [2.24, 2.45) is 0 Å². The molecule has 28 heavy (non-hydrogen) atoms. The van der Waals surface area contributed by atoms with Crippen molar-refractivity contribution >= 4 is 16.7 Å². The molecule has 7 nitrogen and oxygen atoms in total. The van der Waals surface area contributed by atoms with Crippen LogP contribution in [0.4, 0.5) is 0 Å². The molecule has 4 aromatic rings. The van der Waals surface area contributed by atoms with Crippen molar-refractivity contribution in [1.29, 1.82) is 0 Å². The minimum Gasteiger partial charge on any atom is -0.497 e. The maximum Gasteiger partial charge on any atom is 0.313 e. The second-order valence-electron chi connectivity index (χ2n) is 6.28. The highest BCUT2D eigenvalue weighted by atomic mass is 16.5. The summed E-state index contributed by atoms with van der Waals surface area (Å²) in [6, 6.07) is 15.1. The molecule has 2 aromatic carbocycles. The molecule has 0 radical (unpaired) electrons. The maximum atomic E-state index is 12.4. The number of nitrogens with zero attached hydrogens (tertiary/aromatic N) is 2. The maximum absolute atomic E-state index is 12.4. The predicted octanol–water partition coefficient (Wildman–Crippen LogP) is 4.34. The van der Waals surface area contributed by atoms with E-state index in [-0.39, 0.29) is 24.4 Å². The van der Waals surface area contributed by atoms with Crippen LogP contribution in [-0.2, 0) is 16.1 Å². The van der Waals surface area contributed by atoms with Crippen molar-refractivity contribution in [2.45, 2.75) is 19.4 Å². The summed E-state index contributed by atoms with van der Waals surface area (Å²) in [7, 11) is 1.63. The molecule has 0 aliphatic rings. The SMILES string of the molecule is COc1ccc2cc([C@H](C)C(=O)OCc3nnc(-c4ccco4)o3)ccc2c1. The minimum absolute atomic E-state index is 0.0956. The Hall–Kier alpha value is -3.61. The van der Waals surface area contributed by atoms with Crippen molar-refractivity contribution in [3.8, 4) is 17.4 Å². The number of carbonyl (C=O) groups is 1. The Kier molecular flexibility index (Phi) is 4.80. The van der Waals surface area contributed by atoms with E-state index >= 15 is 0 Å². The van der Waals surface area contributed by atoms with Crippen LogP contribution in [0.1, 0.15) is 24.3 Å². The van der Waals surface area contributed by atoms with E-state index in [1.54, 1.807) is 26.2 Å². The molecule has 0 aliphatic carbocycles. The van der Waals surface area contributed by atoms with E-state index in [1.165, 1.54) is 6.26 Å². The van der Waals surface area contributed by atoms with Crippen LogP contribution < -0.4 is 4.74 Å². The van der Waals surface area contributed by atoms with Crippen LogP contribution in [0, 0.1) is 0 Å². The molecule has 142 valence electrons. The molecule has 2 heterocycles. The highest BCUT2D eigenvalue weighted by molar-refractivity contribution is 5.86. The average molecular weight is 378 g/mol. The van der Waals surface area contributed by atoms with Gasteiger partial charge in [-0.3, -0.25) is 4.79 Å². The first kappa shape index (κ1) is 17.8. The van der Waals surface area contributed by atoms with E-state index in [9.17, 15) is 4.79 Å². The highest BCUT2D eigenvalue weighted by Gasteiger charge is 2.19. The van der Waals surface area contributed by atoms with E-state index in [1.807, 2.05) is 36.4 Å². The van der Waals surface area contributed by atoms with Crippen molar-refractivity contribution in [3.05, 3.63) is 66.2 Å². The molecule has 0 aliphatic heterocycles. The lowest BCUT2D eigenvalue weighted by atomic mass is 9.98. The van der Waals surface area contributed by atoms with Gasteiger partial charge in [0.15, 0.2) is 12.4 Å². The van der Waals surface area contributed by atoms with Gasteiger partial charge >= 0.3 is 5.97 Å². The van der Waals surface area contributed by atoms with E-state index in [4.69, 9.17) is 18.3 Å². The number of furan rings is 1. The number of esters is 1. The van der Waals surface area contributed by atoms with Gasteiger partial charge in [-0.15, -0.1) is 10.2 Å². The number of aromatic nitrogens is 2. The number of rotatable bonds is 6. The third-order valence-electron chi connectivity index (χ3n) is 4.46. The van der Waals surface area contributed by atoms with Gasteiger partial charge in [-0.1, -0.05) is 24.3 Å².